The molecule has 0 radical (unpaired) electrons. The molecule has 60 valence electrons. The maximum atomic E-state index is 4.04. The van der Waals surface area contributed by atoms with Crippen molar-refractivity contribution < 1.29 is 0 Å². The number of aromatic nitrogens is 2. The van der Waals surface area contributed by atoms with Crippen LogP contribution in [-0.4, -0.2) is 9.97 Å². The fourth-order valence-corrected chi connectivity index (χ4v) is 1.43. The molecule has 0 spiro atoms. The minimum Gasteiger partial charge on any atom is -0.244 e. The smallest absolute Gasteiger partial charge is 0.116 e. The Labute approximate surface area is 80.5 Å². The van der Waals surface area contributed by atoms with Crippen LogP contribution in [0, 0.1) is 0 Å². The van der Waals surface area contributed by atoms with Crippen molar-refractivity contribution in [3.63, 3.8) is 0 Å². The molecule has 0 aliphatic rings. The third-order valence-electron chi connectivity index (χ3n) is 1.15. The maximum Gasteiger partial charge on any atom is 0.116 e. The zero-order valence-electron chi connectivity index (χ0n) is 5.43. The molecule has 0 aliphatic heterocycles. The van der Waals surface area contributed by atoms with E-state index in [4.69, 9.17) is 0 Å². The number of fused-ring (bicyclic) bond motifs is 1. The lowest BCUT2D eigenvalue weighted by Crippen LogP contribution is -1.72. The molecule has 11 heavy (non-hydrogen) atoms. The minimum absolute atomic E-state index is 0. The van der Waals surface area contributed by atoms with E-state index >= 15 is 0 Å². The van der Waals surface area contributed by atoms with Crippen LogP contribution >= 0.6 is 36.2 Å². The zero-order chi connectivity index (χ0) is 6.10. The van der Waals surface area contributed by atoms with Crippen molar-refractivity contribution in [1.82, 2.24) is 9.97 Å². The summed E-state index contributed by atoms with van der Waals surface area (Å²) >= 11 is 1.65. The number of thiophene rings is 1. The molecule has 0 aliphatic carbocycles. The third-order valence-corrected chi connectivity index (χ3v) is 1.90. The van der Waals surface area contributed by atoms with Gasteiger partial charge in [0.25, 0.3) is 0 Å². The Bertz CT molecular complexity index is 293. The van der Waals surface area contributed by atoms with Gasteiger partial charge in [-0.1, -0.05) is 0 Å². The first kappa shape index (κ1) is 10.6. The summed E-state index contributed by atoms with van der Waals surface area (Å²) in [4.78, 5) is 7.92. The summed E-state index contributed by atoms with van der Waals surface area (Å²) in [5.74, 6) is 0. The maximum absolute atomic E-state index is 4.04. The topological polar surface area (TPSA) is 25.8 Å². The Balaban J connectivity index is 0.000000500. The average molecular weight is 209 g/mol. The first-order valence-electron chi connectivity index (χ1n) is 2.59. The second-order valence-corrected chi connectivity index (χ2v) is 2.48. The van der Waals surface area contributed by atoms with Crippen LogP contribution in [0.15, 0.2) is 23.3 Å². The average Bonchev–Trinajstić information content (AvgIpc) is 2.33. The molecule has 0 fully saturated rings. The molecule has 2 rings (SSSR count). The van der Waals surface area contributed by atoms with E-state index in [-0.39, 0.29) is 24.8 Å². The lowest BCUT2D eigenvalue weighted by atomic mass is 10.4. The SMILES string of the molecule is Cl.Cl.c1ncc2cscc2n1. The fraction of sp³-hybridized carbons (Fsp3) is 0. The van der Waals surface area contributed by atoms with Gasteiger partial charge in [0.1, 0.15) is 6.33 Å². The fourth-order valence-electron chi connectivity index (χ4n) is 0.711. The molecular weight excluding hydrogens is 203 g/mol. The van der Waals surface area contributed by atoms with E-state index in [1.165, 1.54) is 0 Å². The number of nitrogens with zero attached hydrogens (tertiary/aromatic N) is 2. The van der Waals surface area contributed by atoms with Gasteiger partial charge in [0, 0.05) is 22.3 Å². The minimum atomic E-state index is 0. The standard InChI is InChI=1S/C6H4N2S.2ClH/c1-5-2-9-3-6(5)8-4-7-1;;/h1-4H;2*1H. The summed E-state index contributed by atoms with van der Waals surface area (Å²) in [6.07, 6.45) is 3.38. The number of hydrogen-bond acceptors (Lipinski definition) is 3. The molecule has 2 aromatic rings. The summed E-state index contributed by atoms with van der Waals surface area (Å²) in [7, 11) is 0. The highest BCUT2D eigenvalue weighted by molar-refractivity contribution is 7.09. The van der Waals surface area contributed by atoms with Crippen molar-refractivity contribution in [2.75, 3.05) is 0 Å². The van der Waals surface area contributed by atoms with Crippen molar-refractivity contribution >= 4 is 47.1 Å². The molecule has 2 heterocycles. The van der Waals surface area contributed by atoms with Crippen molar-refractivity contribution in [2.24, 2.45) is 0 Å². The molecule has 2 aromatic heterocycles. The van der Waals surface area contributed by atoms with Crippen LogP contribution in [0.2, 0.25) is 0 Å². The normalized spacial score (nSPS) is 8.36. The van der Waals surface area contributed by atoms with Crippen LogP contribution in [0.4, 0.5) is 0 Å². The second-order valence-electron chi connectivity index (χ2n) is 1.74. The van der Waals surface area contributed by atoms with E-state index in [1.54, 1.807) is 17.7 Å². The molecule has 0 saturated heterocycles. The van der Waals surface area contributed by atoms with E-state index in [0.29, 0.717) is 0 Å². The van der Waals surface area contributed by atoms with E-state index in [2.05, 4.69) is 9.97 Å². The Morgan fingerprint density at radius 3 is 2.73 bits per heavy atom. The van der Waals surface area contributed by atoms with E-state index in [9.17, 15) is 0 Å². The molecule has 2 nitrogen and oxygen atoms in total. The predicted octanol–water partition coefficient (Wildman–Crippen LogP) is 2.53. The molecular formula is C6H6Cl2N2S. The predicted molar refractivity (Wildman–Crippen MR) is 51.9 cm³/mol. The van der Waals surface area contributed by atoms with Gasteiger partial charge in [-0.2, -0.15) is 0 Å². The number of rotatable bonds is 0. The molecule has 0 atom stereocenters. The Morgan fingerprint density at radius 1 is 1.18 bits per heavy atom. The Kier molecular flexibility index (Phi) is 4.33. The lowest BCUT2D eigenvalue weighted by molar-refractivity contribution is 1.23. The van der Waals surface area contributed by atoms with E-state index < -0.39 is 0 Å². The van der Waals surface area contributed by atoms with Crippen LogP contribution in [0.25, 0.3) is 10.9 Å². The largest absolute Gasteiger partial charge is 0.244 e. The van der Waals surface area contributed by atoms with Crippen LogP contribution in [0.3, 0.4) is 0 Å². The van der Waals surface area contributed by atoms with Crippen LogP contribution < -0.4 is 0 Å². The quantitative estimate of drug-likeness (QED) is 0.666. The molecule has 0 unspecified atom stereocenters. The van der Waals surface area contributed by atoms with Crippen LogP contribution in [-0.2, 0) is 0 Å². The van der Waals surface area contributed by atoms with Gasteiger partial charge in [-0.3, -0.25) is 0 Å². The molecule has 0 N–H and O–H groups in total. The van der Waals surface area contributed by atoms with Gasteiger partial charge < -0.3 is 0 Å². The van der Waals surface area contributed by atoms with Gasteiger partial charge in [0.2, 0.25) is 0 Å². The molecule has 0 bridgehead atoms. The van der Waals surface area contributed by atoms with Crippen molar-refractivity contribution in [2.45, 2.75) is 0 Å². The molecule has 0 aromatic carbocycles. The third kappa shape index (κ3) is 2.02. The number of hydrogen-bond donors (Lipinski definition) is 0. The highest BCUT2D eigenvalue weighted by Gasteiger charge is 1.90. The molecule has 5 heteroatoms. The van der Waals surface area contributed by atoms with Crippen LogP contribution in [0.1, 0.15) is 0 Å². The van der Waals surface area contributed by atoms with E-state index in [1.807, 2.05) is 17.0 Å². The lowest BCUT2D eigenvalue weighted by Gasteiger charge is -1.81. The molecule has 0 amide bonds. The van der Waals surface area contributed by atoms with Crippen molar-refractivity contribution in [1.29, 1.82) is 0 Å². The summed E-state index contributed by atoms with van der Waals surface area (Å²) < 4.78 is 0. The summed E-state index contributed by atoms with van der Waals surface area (Å²) in [6, 6.07) is 0. The van der Waals surface area contributed by atoms with Crippen LogP contribution in [0.5, 0.6) is 0 Å². The summed E-state index contributed by atoms with van der Waals surface area (Å²) in [5.41, 5.74) is 1.04. The van der Waals surface area contributed by atoms with Crippen molar-refractivity contribution in [3.05, 3.63) is 23.3 Å². The first-order valence-corrected chi connectivity index (χ1v) is 3.53. The van der Waals surface area contributed by atoms with Gasteiger partial charge in [-0.25, -0.2) is 9.97 Å². The number of halogens is 2. The highest BCUT2D eigenvalue weighted by Crippen LogP contribution is 2.13. The summed E-state index contributed by atoms with van der Waals surface area (Å²) in [5, 5.41) is 5.18. The van der Waals surface area contributed by atoms with Gasteiger partial charge in [-0.15, -0.1) is 36.2 Å². The Hall–Kier alpha value is -0.380. The monoisotopic (exact) mass is 208 g/mol. The second kappa shape index (κ2) is 4.49. The van der Waals surface area contributed by atoms with Crippen molar-refractivity contribution in [3.8, 4) is 0 Å². The van der Waals surface area contributed by atoms with Gasteiger partial charge in [0.15, 0.2) is 0 Å². The van der Waals surface area contributed by atoms with Gasteiger partial charge in [0.05, 0.1) is 5.52 Å². The first-order chi connectivity index (χ1) is 4.47. The van der Waals surface area contributed by atoms with Gasteiger partial charge >= 0.3 is 0 Å². The highest BCUT2D eigenvalue weighted by atomic mass is 35.5. The van der Waals surface area contributed by atoms with Gasteiger partial charge in [-0.05, 0) is 0 Å². The zero-order valence-corrected chi connectivity index (χ0v) is 7.88. The summed E-state index contributed by atoms with van der Waals surface area (Å²) in [6.45, 7) is 0. The van der Waals surface area contributed by atoms with E-state index in [0.717, 1.165) is 10.9 Å². The molecule has 0 saturated carbocycles. The Morgan fingerprint density at radius 2 is 2.00 bits per heavy atom.